The van der Waals surface area contributed by atoms with E-state index in [1.165, 1.54) is 25.7 Å². The van der Waals surface area contributed by atoms with Crippen molar-refractivity contribution in [3.05, 3.63) is 35.4 Å². The topological polar surface area (TPSA) is 63.3 Å². The minimum atomic E-state index is -1.33. The SMILES string of the molecule is NC(=O)O.c1ccc2c(c1)CCCC2. The van der Waals surface area contributed by atoms with Gasteiger partial charge in [-0.25, -0.2) is 4.79 Å². The molecule has 1 aromatic rings. The van der Waals surface area contributed by atoms with Crippen molar-refractivity contribution in [3.63, 3.8) is 0 Å². The first-order valence-corrected chi connectivity index (χ1v) is 4.75. The molecule has 0 unspecified atom stereocenters. The Hall–Kier alpha value is -1.51. The fourth-order valence-electron chi connectivity index (χ4n) is 1.68. The van der Waals surface area contributed by atoms with E-state index in [1.54, 1.807) is 11.1 Å². The number of benzene rings is 1. The zero-order valence-corrected chi connectivity index (χ0v) is 8.07. The van der Waals surface area contributed by atoms with Crippen LogP contribution in [0.3, 0.4) is 0 Å². The molecule has 1 aliphatic rings. The Balaban J connectivity index is 0.000000213. The number of hydrogen-bond donors (Lipinski definition) is 2. The fourth-order valence-corrected chi connectivity index (χ4v) is 1.68. The van der Waals surface area contributed by atoms with Crippen molar-refractivity contribution < 1.29 is 9.90 Å². The molecule has 3 nitrogen and oxygen atoms in total. The van der Waals surface area contributed by atoms with Crippen LogP contribution in [0.25, 0.3) is 0 Å². The molecule has 14 heavy (non-hydrogen) atoms. The Morgan fingerprint density at radius 1 is 1.14 bits per heavy atom. The van der Waals surface area contributed by atoms with Crippen LogP contribution in [0.5, 0.6) is 0 Å². The number of aryl methyl sites for hydroxylation is 2. The van der Waals surface area contributed by atoms with Crippen molar-refractivity contribution in [2.24, 2.45) is 5.73 Å². The third-order valence-electron chi connectivity index (χ3n) is 2.26. The van der Waals surface area contributed by atoms with Gasteiger partial charge in [0.15, 0.2) is 0 Å². The summed E-state index contributed by atoms with van der Waals surface area (Å²) < 4.78 is 0. The number of primary amides is 1. The van der Waals surface area contributed by atoms with E-state index in [0.717, 1.165) is 0 Å². The molecule has 76 valence electrons. The Morgan fingerprint density at radius 2 is 1.50 bits per heavy atom. The molecule has 0 saturated heterocycles. The molecule has 0 bridgehead atoms. The molecule has 0 heterocycles. The highest BCUT2D eigenvalue weighted by atomic mass is 16.4. The summed E-state index contributed by atoms with van der Waals surface area (Å²) in [5.41, 5.74) is 7.18. The Morgan fingerprint density at radius 3 is 1.86 bits per heavy atom. The number of carboxylic acid groups (broad SMARTS) is 1. The van der Waals surface area contributed by atoms with Gasteiger partial charge in [0.05, 0.1) is 0 Å². The molecule has 0 aliphatic heterocycles. The van der Waals surface area contributed by atoms with Crippen LogP contribution in [-0.2, 0) is 12.8 Å². The summed E-state index contributed by atoms with van der Waals surface area (Å²) in [7, 11) is 0. The van der Waals surface area contributed by atoms with Crippen molar-refractivity contribution in [1.29, 1.82) is 0 Å². The maximum absolute atomic E-state index is 8.78. The normalized spacial score (nSPS) is 13.4. The molecule has 0 aromatic heterocycles. The second-order valence-corrected chi connectivity index (χ2v) is 3.31. The van der Waals surface area contributed by atoms with Gasteiger partial charge < -0.3 is 10.8 Å². The number of amides is 1. The lowest BCUT2D eigenvalue weighted by atomic mass is 9.92. The minimum absolute atomic E-state index is 1.30. The molecule has 1 aromatic carbocycles. The minimum Gasteiger partial charge on any atom is -0.465 e. The first-order valence-electron chi connectivity index (χ1n) is 4.75. The number of fused-ring (bicyclic) bond motifs is 1. The molecule has 0 radical (unpaired) electrons. The monoisotopic (exact) mass is 193 g/mol. The van der Waals surface area contributed by atoms with Crippen molar-refractivity contribution >= 4 is 6.09 Å². The van der Waals surface area contributed by atoms with Crippen LogP contribution in [0.4, 0.5) is 4.79 Å². The Bertz CT molecular complexity index is 281. The van der Waals surface area contributed by atoms with Gasteiger partial charge in [-0.3, -0.25) is 0 Å². The lowest BCUT2D eigenvalue weighted by Gasteiger charge is -2.13. The summed E-state index contributed by atoms with van der Waals surface area (Å²) in [5.74, 6) is 0. The summed E-state index contributed by atoms with van der Waals surface area (Å²) in [4.78, 5) is 8.78. The number of hydrogen-bond acceptors (Lipinski definition) is 1. The third kappa shape index (κ3) is 3.47. The summed E-state index contributed by atoms with van der Waals surface area (Å²) in [6, 6.07) is 8.80. The van der Waals surface area contributed by atoms with E-state index in [0.29, 0.717) is 0 Å². The smallest absolute Gasteiger partial charge is 0.402 e. The largest absolute Gasteiger partial charge is 0.465 e. The van der Waals surface area contributed by atoms with Crippen LogP contribution in [0.1, 0.15) is 24.0 Å². The van der Waals surface area contributed by atoms with Crippen LogP contribution >= 0.6 is 0 Å². The van der Waals surface area contributed by atoms with Crippen molar-refractivity contribution in [3.8, 4) is 0 Å². The zero-order chi connectivity index (χ0) is 10.4. The average molecular weight is 193 g/mol. The zero-order valence-electron chi connectivity index (χ0n) is 8.07. The van der Waals surface area contributed by atoms with Gasteiger partial charge >= 0.3 is 6.09 Å². The number of nitrogens with two attached hydrogens (primary N) is 1. The van der Waals surface area contributed by atoms with E-state index in [2.05, 4.69) is 30.0 Å². The van der Waals surface area contributed by atoms with Crippen LogP contribution in [0.15, 0.2) is 24.3 Å². The second kappa shape index (κ2) is 5.27. The van der Waals surface area contributed by atoms with Crippen molar-refractivity contribution in [2.45, 2.75) is 25.7 Å². The fraction of sp³-hybridized carbons (Fsp3) is 0.364. The second-order valence-electron chi connectivity index (χ2n) is 3.31. The van der Waals surface area contributed by atoms with Gasteiger partial charge in [-0.05, 0) is 36.8 Å². The predicted molar refractivity (Wildman–Crippen MR) is 55.3 cm³/mol. The predicted octanol–water partition coefficient (Wildman–Crippen LogP) is 2.19. The van der Waals surface area contributed by atoms with E-state index >= 15 is 0 Å². The molecule has 0 saturated carbocycles. The van der Waals surface area contributed by atoms with E-state index in [4.69, 9.17) is 9.90 Å². The lowest BCUT2D eigenvalue weighted by Crippen LogP contribution is -2.03. The summed E-state index contributed by atoms with van der Waals surface area (Å²) >= 11 is 0. The van der Waals surface area contributed by atoms with Crippen molar-refractivity contribution in [2.75, 3.05) is 0 Å². The highest BCUT2D eigenvalue weighted by molar-refractivity contribution is 5.61. The van der Waals surface area contributed by atoms with E-state index in [-0.39, 0.29) is 0 Å². The first kappa shape index (κ1) is 10.6. The average Bonchev–Trinajstić information content (AvgIpc) is 2.17. The quantitative estimate of drug-likeness (QED) is 0.663. The van der Waals surface area contributed by atoms with Gasteiger partial charge in [0.1, 0.15) is 0 Å². The number of carbonyl (C=O) groups is 1. The Labute approximate surface area is 83.6 Å². The maximum Gasteiger partial charge on any atom is 0.402 e. The van der Waals surface area contributed by atoms with Gasteiger partial charge in [0, 0.05) is 0 Å². The molecule has 0 fully saturated rings. The van der Waals surface area contributed by atoms with Crippen LogP contribution in [0, 0.1) is 0 Å². The molecule has 0 atom stereocenters. The van der Waals surface area contributed by atoms with Gasteiger partial charge in [0.2, 0.25) is 0 Å². The van der Waals surface area contributed by atoms with Gasteiger partial charge in [0.25, 0.3) is 0 Å². The van der Waals surface area contributed by atoms with Gasteiger partial charge in [-0.1, -0.05) is 24.3 Å². The molecular formula is C11H15NO2. The Kier molecular flexibility index (Phi) is 3.98. The molecule has 3 N–H and O–H groups in total. The molecule has 3 heteroatoms. The summed E-state index contributed by atoms with van der Waals surface area (Å²) in [6.45, 7) is 0. The standard InChI is InChI=1S/C10H12.CH3NO2/c1-2-6-10-8-4-3-7-9(10)5-1;2-1(3)4/h1-2,5-6H,3-4,7-8H2;2H2,(H,3,4). The molecule has 2 rings (SSSR count). The van der Waals surface area contributed by atoms with Crippen LogP contribution in [-0.4, -0.2) is 11.2 Å². The molecule has 1 aliphatic carbocycles. The maximum atomic E-state index is 8.78. The van der Waals surface area contributed by atoms with Gasteiger partial charge in [-0.15, -0.1) is 0 Å². The van der Waals surface area contributed by atoms with E-state index < -0.39 is 6.09 Å². The van der Waals surface area contributed by atoms with Crippen LogP contribution < -0.4 is 5.73 Å². The summed E-state index contributed by atoms with van der Waals surface area (Å²) in [5, 5.41) is 7.19. The molecule has 0 spiro atoms. The van der Waals surface area contributed by atoms with Gasteiger partial charge in [-0.2, -0.15) is 0 Å². The van der Waals surface area contributed by atoms with Crippen molar-refractivity contribution in [1.82, 2.24) is 0 Å². The highest BCUT2D eigenvalue weighted by Crippen LogP contribution is 2.19. The molecular weight excluding hydrogens is 178 g/mol. The third-order valence-corrected chi connectivity index (χ3v) is 2.26. The van der Waals surface area contributed by atoms with E-state index in [9.17, 15) is 0 Å². The lowest BCUT2D eigenvalue weighted by molar-refractivity contribution is 0.205. The highest BCUT2D eigenvalue weighted by Gasteiger charge is 2.05. The number of rotatable bonds is 0. The summed E-state index contributed by atoms with van der Waals surface area (Å²) in [6.07, 6.45) is 4.04. The van der Waals surface area contributed by atoms with E-state index in [1.807, 2.05) is 0 Å². The molecule has 1 amide bonds. The first-order chi connectivity index (χ1) is 6.70. The van der Waals surface area contributed by atoms with Crippen LogP contribution in [0.2, 0.25) is 0 Å².